The number of carbonyl (C=O) groups excluding carboxylic acids is 2. The molecule has 0 aromatic heterocycles. The van der Waals surface area contributed by atoms with E-state index in [4.69, 9.17) is 4.74 Å². The van der Waals surface area contributed by atoms with Crippen molar-refractivity contribution in [2.45, 2.75) is 45.8 Å². The maximum Gasteiger partial charge on any atom is 0.251 e. The van der Waals surface area contributed by atoms with Crippen LogP contribution in [0.15, 0.2) is 24.3 Å². The maximum atomic E-state index is 12.4. The monoisotopic (exact) mass is 318 g/mol. The van der Waals surface area contributed by atoms with Crippen molar-refractivity contribution in [3.63, 3.8) is 0 Å². The standard InChI is InChI=1S/C18H26N2O3/c1-12(2)16(18(22)19-11-15-5-4-10-23-15)20-17(21)14-8-6-13(3)7-9-14/h6-9,12,15-16H,4-5,10-11H2,1-3H3,(H,19,22)(H,20,21)/t15-,16-/m0/s1. The summed E-state index contributed by atoms with van der Waals surface area (Å²) in [5.41, 5.74) is 1.66. The minimum atomic E-state index is -0.551. The predicted octanol–water partition coefficient (Wildman–Crippen LogP) is 2.04. The highest BCUT2D eigenvalue weighted by Crippen LogP contribution is 2.11. The van der Waals surface area contributed by atoms with Crippen LogP contribution in [0.1, 0.15) is 42.6 Å². The lowest BCUT2D eigenvalue weighted by Crippen LogP contribution is -2.50. The maximum absolute atomic E-state index is 12.4. The fourth-order valence-electron chi connectivity index (χ4n) is 2.59. The van der Waals surface area contributed by atoms with Gasteiger partial charge in [0.2, 0.25) is 5.91 Å². The molecule has 1 aromatic rings. The Bertz CT molecular complexity index is 534. The molecule has 2 amide bonds. The quantitative estimate of drug-likeness (QED) is 0.843. The van der Waals surface area contributed by atoms with Crippen molar-refractivity contribution < 1.29 is 14.3 Å². The van der Waals surface area contributed by atoms with Crippen LogP contribution in [0.25, 0.3) is 0 Å². The first-order valence-electron chi connectivity index (χ1n) is 8.24. The zero-order valence-electron chi connectivity index (χ0n) is 14.1. The highest BCUT2D eigenvalue weighted by atomic mass is 16.5. The largest absolute Gasteiger partial charge is 0.376 e. The summed E-state index contributed by atoms with van der Waals surface area (Å²) in [6, 6.07) is 6.76. The SMILES string of the molecule is Cc1ccc(C(=O)N[C@H](C(=O)NC[C@@H]2CCCO2)C(C)C)cc1. The summed E-state index contributed by atoms with van der Waals surface area (Å²) < 4.78 is 5.50. The fourth-order valence-corrected chi connectivity index (χ4v) is 2.59. The smallest absolute Gasteiger partial charge is 0.251 e. The minimum Gasteiger partial charge on any atom is -0.376 e. The normalized spacial score (nSPS) is 18.7. The van der Waals surface area contributed by atoms with E-state index in [-0.39, 0.29) is 23.8 Å². The summed E-state index contributed by atoms with van der Waals surface area (Å²) in [6.07, 6.45) is 2.11. The summed E-state index contributed by atoms with van der Waals surface area (Å²) in [5.74, 6) is -0.374. The average Bonchev–Trinajstić information content (AvgIpc) is 3.03. The van der Waals surface area contributed by atoms with Gasteiger partial charge in [0.05, 0.1) is 6.10 Å². The second-order valence-electron chi connectivity index (χ2n) is 6.44. The van der Waals surface area contributed by atoms with Crippen molar-refractivity contribution in [2.75, 3.05) is 13.2 Å². The van der Waals surface area contributed by atoms with Crippen LogP contribution in [0.5, 0.6) is 0 Å². The molecular formula is C18H26N2O3. The molecular weight excluding hydrogens is 292 g/mol. The molecule has 2 rings (SSSR count). The molecule has 1 aliphatic rings. The Morgan fingerprint density at radius 2 is 1.96 bits per heavy atom. The number of aryl methyl sites for hydroxylation is 1. The molecule has 0 aliphatic carbocycles. The lowest BCUT2D eigenvalue weighted by Gasteiger charge is -2.22. The fraction of sp³-hybridized carbons (Fsp3) is 0.556. The molecule has 0 spiro atoms. The molecule has 1 aliphatic heterocycles. The van der Waals surface area contributed by atoms with E-state index in [9.17, 15) is 9.59 Å². The minimum absolute atomic E-state index is 0.00824. The Morgan fingerprint density at radius 3 is 2.52 bits per heavy atom. The van der Waals surface area contributed by atoms with Gasteiger partial charge < -0.3 is 15.4 Å². The number of ether oxygens (including phenoxy) is 1. The Kier molecular flexibility index (Phi) is 6.16. The molecule has 0 unspecified atom stereocenters. The van der Waals surface area contributed by atoms with E-state index < -0.39 is 6.04 Å². The van der Waals surface area contributed by atoms with Crippen LogP contribution in [0.3, 0.4) is 0 Å². The number of hydrogen-bond donors (Lipinski definition) is 2. The number of benzene rings is 1. The van der Waals surface area contributed by atoms with Crippen molar-refractivity contribution in [1.82, 2.24) is 10.6 Å². The van der Waals surface area contributed by atoms with Gasteiger partial charge in [-0.3, -0.25) is 9.59 Å². The molecule has 0 radical (unpaired) electrons. The van der Waals surface area contributed by atoms with Crippen LogP contribution >= 0.6 is 0 Å². The summed E-state index contributed by atoms with van der Waals surface area (Å²) in [7, 11) is 0. The summed E-state index contributed by atoms with van der Waals surface area (Å²) >= 11 is 0. The van der Waals surface area contributed by atoms with Crippen molar-refractivity contribution in [2.24, 2.45) is 5.92 Å². The molecule has 1 fully saturated rings. The first-order valence-corrected chi connectivity index (χ1v) is 8.24. The second kappa shape index (κ2) is 8.11. The van der Waals surface area contributed by atoms with Crippen LogP contribution in [0.2, 0.25) is 0 Å². The van der Waals surface area contributed by atoms with E-state index in [0.717, 1.165) is 25.0 Å². The van der Waals surface area contributed by atoms with Crippen LogP contribution in [0, 0.1) is 12.8 Å². The third-order valence-electron chi connectivity index (χ3n) is 4.08. The topological polar surface area (TPSA) is 67.4 Å². The highest BCUT2D eigenvalue weighted by molar-refractivity contribution is 5.97. The Labute approximate surface area is 137 Å². The summed E-state index contributed by atoms with van der Waals surface area (Å²) in [4.78, 5) is 24.7. The zero-order chi connectivity index (χ0) is 16.8. The van der Waals surface area contributed by atoms with Gasteiger partial charge in [-0.25, -0.2) is 0 Å². The number of carbonyl (C=O) groups is 2. The summed E-state index contributed by atoms with van der Waals surface area (Å²) in [6.45, 7) is 7.08. The van der Waals surface area contributed by atoms with Gasteiger partial charge in [-0.1, -0.05) is 31.5 Å². The van der Waals surface area contributed by atoms with Gasteiger partial charge in [0.1, 0.15) is 6.04 Å². The molecule has 2 atom stereocenters. The van der Waals surface area contributed by atoms with Crippen molar-refractivity contribution in [1.29, 1.82) is 0 Å². The number of nitrogens with one attached hydrogen (secondary N) is 2. The second-order valence-corrected chi connectivity index (χ2v) is 6.44. The van der Waals surface area contributed by atoms with Gasteiger partial charge in [-0.2, -0.15) is 0 Å². The van der Waals surface area contributed by atoms with Crippen LogP contribution < -0.4 is 10.6 Å². The van der Waals surface area contributed by atoms with Crippen molar-refractivity contribution in [3.8, 4) is 0 Å². The molecule has 5 heteroatoms. The van der Waals surface area contributed by atoms with E-state index >= 15 is 0 Å². The van der Waals surface area contributed by atoms with Gasteiger partial charge in [-0.15, -0.1) is 0 Å². The highest BCUT2D eigenvalue weighted by Gasteiger charge is 2.26. The van der Waals surface area contributed by atoms with Gasteiger partial charge in [0, 0.05) is 18.7 Å². The molecule has 0 saturated carbocycles. The lowest BCUT2D eigenvalue weighted by atomic mass is 10.0. The predicted molar refractivity (Wildman–Crippen MR) is 89.3 cm³/mol. The van der Waals surface area contributed by atoms with E-state index in [2.05, 4.69) is 10.6 Å². The number of hydrogen-bond acceptors (Lipinski definition) is 3. The van der Waals surface area contributed by atoms with Crippen LogP contribution in [0.4, 0.5) is 0 Å². The van der Waals surface area contributed by atoms with Gasteiger partial charge in [0.25, 0.3) is 5.91 Å². The molecule has 126 valence electrons. The zero-order valence-corrected chi connectivity index (χ0v) is 14.1. The first-order chi connectivity index (χ1) is 11.0. The molecule has 1 heterocycles. The molecule has 1 aromatic carbocycles. The molecule has 2 N–H and O–H groups in total. The molecule has 0 bridgehead atoms. The third-order valence-corrected chi connectivity index (χ3v) is 4.08. The number of rotatable bonds is 6. The average molecular weight is 318 g/mol. The molecule has 5 nitrogen and oxygen atoms in total. The molecule has 1 saturated heterocycles. The van der Waals surface area contributed by atoms with E-state index in [1.165, 1.54) is 0 Å². The van der Waals surface area contributed by atoms with Crippen LogP contribution in [-0.2, 0) is 9.53 Å². The molecule has 23 heavy (non-hydrogen) atoms. The first kappa shape index (κ1) is 17.5. The number of amides is 2. The van der Waals surface area contributed by atoms with Gasteiger partial charge in [0.15, 0.2) is 0 Å². The Morgan fingerprint density at radius 1 is 1.26 bits per heavy atom. The van der Waals surface area contributed by atoms with Gasteiger partial charge >= 0.3 is 0 Å². The Hall–Kier alpha value is -1.88. The van der Waals surface area contributed by atoms with E-state index in [0.29, 0.717) is 12.1 Å². The van der Waals surface area contributed by atoms with E-state index in [1.807, 2.05) is 32.9 Å². The third kappa shape index (κ3) is 5.06. The summed E-state index contributed by atoms with van der Waals surface area (Å²) in [5, 5.41) is 5.73. The van der Waals surface area contributed by atoms with E-state index in [1.54, 1.807) is 12.1 Å². The van der Waals surface area contributed by atoms with Crippen molar-refractivity contribution in [3.05, 3.63) is 35.4 Å². The van der Waals surface area contributed by atoms with Crippen LogP contribution in [-0.4, -0.2) is 37.1 Å². The Balaban J connectivity index is 1.92. The van der Waals surface area contributed by atoms with Gasteiger partial charge in [-0.05, 0) is 37.8 Å². The lowest BCUT2D eigenvalue weighted by molar-refractivity contribution is -0.124. The van der Waals surface area contributed by atoms with Crippen molar-refractivity contribution >= 4 is 11.8 Å².